The lowest BCUT2D eigenvalue weighted by atomic mass is 10.1. The lowest BCUT2D eigenvalue weighted by Crippen LogP contribution is -2.55. The summed E-state index contributed by atoms with van der Waals surface area (Å²) in [5.74, 6) is 0.352. The van der Waals surface area contributed by atoms with E-state index >= 15 is 0 Å². The van der Waals surface area contributed by atoms with Crippen LogP contribution < -0.4 is 0 Å². The van der Waals surface area contributed by atoms with E-state index in [2.05, 4.69) is 52.0 Å². The van der Waals surface area contributed by atoms with E-state index < -0.39 is 0 Å². The SMILES string of the molecule is Cc1ccc2c(c1)c1nnc(SCC(=O)N3CCN(C(=O)c4ccco4)C(C)C3)nc1n2Cc1ccccc1. The van der Waals surface area contributed by atoms with Crippen LogP contribution in [0.15, 0.2) is 76.5 Å². The van der Waals surface area contributed by atoms with Crippen LogP contribution in [-0.2, 0) is 11.3 Å². The van der Waals surface area contributed by atoms with Crippen LogP contribution in [0.25, 0.3) is 22.1 Å². The Hall–Kier alpha value is -4.18. The maximum absolute atomic E-state index is 13.1. The normalized spacial score (nSPS) is 15.8. The molecule has 0 saturated carbocycles. The van der Waals surface area contributed by atoms with Gasteiger partial charge in [0.1, 0.15) is 5.52 Å². The van der Waals surface area contributed by atoms with Gasteiger partial charge in [0, 0.05) is 37.6 Å². The molecule has 9 nitrogen and oxygen atoms in total. The number of hydrogen-bond acceptors (Lipinski definition) is 7. The Morgan fingerprint density at radius 3 is 2.67 bits per heavy atom. The molecule has 3 aromatic heterocycles. The molecule has 0 aliphatic carbocycles. The molecule has 4 heterocycles. The lowest BCUT2D eigenvalue weighted by molar-refractivity contribution is -0.130. The van der Waals surface area contributed by atoms with Crippen LogP contribution in [0.5, 0.6) is 0 Å². The Labute approximate surface area is 229 Å². The third kappa shape index (κ3) is 4.99. The monoisotopic (exact) mass is 540 g/mol. The maximum Gasteiger partial charge on any atom is 0.289 e. The largest absolute Gasteiger partial charge is 0.459 e. The van der Waals surface area contributed by atoms with Crippen LogP contribution in [0.4, 0.5) is 0 Å². The topological polar surface area (TPSA) is 97.4 Å². The molecule has 0 radical (unpaired) electrons. The number of fused-ring (bicyclic) bond motifs is 3. The quantitative estimate of drug-likeness (QED) is 0.295. The summed E-state index contributed by atoms with van der Waals surface area (Å²) in [7, 11) is 0. The van der Waals surface area contributed by atoms with Crippen molar-refractivity contribution >= 4 is 45.6 Å². The number of aryl methyl sites for hydroxylation is 1. The standard InChI is InChI=1S/C29H28N6O3S/c1-19-10-11-23-22(15-19)26-27(35(23)17-21-7-4-3-5-8-21)30-29(32-31-26)39-18-25(36)33-12-13-34(20(2)16-33)28(37)24-9-6-14-38-24/h3-11,14-15,20H,12-13,16-18H2,1-2H3. The van der Waals surface area contributed by atoms with E-state index in [1.807, 2.05) is 25.1 Å². The van der Waals surface area contributed by atoms with Crippen molar-refractivity contribution in [1.29, 1.82) is 0 Å². The van der Waals surface area contributed by atoms with Crippen LogP contribution in [0.2, 0.25) is 0 Å². The van der Waals surface area contributed by atoms with Crippen molar-refractivity contribution in [3.8, 4) is 0 Å². The molecule has 1 atom stereocenters. The highest BCUT2D eigenvalue weighted by Gasteiger charge is 2.31. The second-order valence-corrected chi connectivity index (χ2v) is 10.8. The van der Waals surface area contributed by atoms with E-state index in [9.17, 15) is 9.59 Å². The number of thioether (sulfide) groups is 1. The predicted octanol–water partition coefficient (Wildman–Crippen LogP) is 4.39. The molecule has 39 heavy (non-hydrogen) atoms. The number of benzene rings is 2. The molecule has 198 valence electrons. The highest BCUT2D eigenvalue weighted by molar-refractivity contribution is 7.99. The van der Waals surface area contributed by atoms with E-state index in [1.54, 1.807) is 21.9 Å². The first-order valence-electron chi connectivity index (χ1n) is 12.9. The lowest BCUT2D eigenvalue weighted by Gasteiger charge is -2.39. The minimum atomic E-state index is -0.150. The van der Waals surface area contributed by atoms with E-state index in [1.165, 1.54) is 23.6 Å². The summed E-state index contributed by atoms with van der Waals surface area (Å²) < 4.78 is 7.42. The van der Waals surface area contributed by atoms with Crippen molar-refractivity contribution in [2.45, 2.75) is 31.6 Å². The number of rotatable bonds is 6. The van der Waals surface area contributed by atoms with Gasteiger partial charge in [0.05, 0.1) is 17.5 Å². The van der Waals surface area contributed by atoms with Gasteiger partial charge < -0.3 is 18.8 Å². The van der Waals surface area contributed by atoms with Crippen LogP contribution in [0, 0.1) is 6.92 Å². The molecule has 1 fully saturated rings. The Morgan fingerprint density at radius 1 is 1.05 bits per heavy atom. The van der Waals surface area contributed by atoms with Gasteiger partial charge in [0.2, 0.25) is 11.1 Å². The molecule has 5 aromatic rings. The van der Waals surface area contributed by atoms with Crippen LogP contribution >= 0.6 is 11.8 Å². The van der Waals surface area contributed by atoms with E-state index in [0.29, 0.717) is 37.1 Å². The number of piperazine rings is 1. The summed E-state index contributed by atoms with van der Waals surface area (Å²) in [5.41, 5.74) is 4.87. The minimum Gasteiger partial charge on any atom is -0.459 e. The first kappa shape index (κ1) is 25.1. The molecule has 1 aliphatic rings. The summed E-state index contributed by atoms with van der Waals surface area (Å²) in [4.78, 5) is 34.2. The van der Waals surface area contributed by atoms with E-state index in [4.69, 9.17) is 9.40 Å². The summed E-state index contributed by atoms with van der Waals surface area (Å²) in [6.45, 7) is 6.06. The van der Waals surface area contributed by atoms with Gasteiger partial charge in [-0.3, -0.25) is 9.59 Å². The molecule has 10 heteroatoms. The zero-order chi connectivity index (χ0) is 26.9. The molecule has 0 bridgehead atoms. The number of amides is 2. The maximum atomic E-state index is 13.1. The average Bonchev–Trinajstić information content (AvgIpc) is 3.59. The highest BCUT2D eigenvalue weighted by Crippen LogP contribution is 2.29. The molecule has 6 rings (SSSR count). The van der Waals surface area contributed by atoms with Crippen molar-refractivity contribution in [2.24, 2.45) is 0 Å². The van der Waals surface area contributed by atoms with E-state index in [-0.39, 0.29) is 23.6 Å². The summed E-state index contributed by atoms with van der Waals surface area (Å²) in [6, 6.07) is 19.8. The number of furan rings is 1. The average molecular weight is 541 g/mol. The summed E-state index contributed by atoms with van der Waals surface area (Å²) >= 11 is 1.29. The number of nitrogens with zero attached hydrogens (tertiary/aromatic N) is 6. The molecule has 1 unspecified atom stereocenters. The second-order valence-electron chi connectivity index (χ2n) is 9.81. The second kappa shape index (κ2) is 10.5. The van der Waals surface area contributed by atoms with Crippen LogP contribution in [0.3, 0.4) is 0 Å². The first-order valence-corrected chi connectivity index (χ1v) is 13.9. The molecule has 1 saturated heterocycles. The number of hydrogen-bond donors (Lipinski definition) is 0. The molecular formula is C29H28N6O3S. The van der Waals surface area contributed by atoms with E-state index in [0.717, 1.165) is 27.6 Å². The fraction of sp³-hybridized carbons (Fsp3) is 0.276. The summed E-state index contributed by atoms with van der Waals surface area (Å²) in [5, 5.41) is 10.4. The van der Waals surface area contributed by atoms with Gasteiger partial charge in [-0.1, -0.05) is 53.7 Å². The van der Waals surface area contributed by atoms with Crippen LogP contribution in [-0.4, -0.2) is 72.8 Å². The summed E-state index contributed by atoms with van der Waals surface area (Å²) in [6.07, 6.45) is 1.49. The third-order valence-electron chi connectivity index (χ3n) is 7.08. The minimum absolute atomic E-state index is 0.0129. The van der Waals surface area contributed by atoms with Gasteiger partial charge in [0.25, 0.3) is 5.91 Å². The molecule has 0 N–H and O–H groups in total. The van der Waals surface area contributed by atoms with Gasteiger partial charge >= 0.3 is 0 Å². The van der Waals surface area contributed by atoms with Gasteiger partial charge in [0.15, 0.2) is 11.4 Å². The Bertz CT molecular complexity index is 1650. The number of carbonyl (C=O) groups excluding carboxylic acids is 2. The zero-order valence-electron chi connectivity index (χ0n) is 21.8. The predicted molar refractivity (Wildman–Crippen MR) is 150 cm³/mol. The fourth-order valence-corrected chi connectivity index (χ4v) is 5.77. The number of carbonyl (C=O) groups is 2. The van der Waals surface area contributed by atoms with Gasteiger partial charge in [-0.15, -0.1) is 10.2 Å². The molecule has 2 aromatic carbocycles. The van der Waals surface area contributed by atoms with Gasteiger partial charge in [-0.25, -0.2) is 4.98 Å². The highest BCUT2D eigenvalue weighted by atomic mass is 32.2. The third-order valence-corrected chi connectivity index (χ3v) is 7.91. The van der Waals surface area contributed by atoms with Crippen molar-refractivity contribution in [3.05, 3.63) is 83.8 Å². The fourth-order valence-electron chi connectivity index (χ4n) is 5.09. The Morgan fingerprint density at radius 2 is 1.90 bits per heavy atom. The van der Waals surface area contributed by atoms with Crippen molar-refractivity contribution in [2.75, 3.05) is 25.4 Å². The zero-order valence-corrected chi connectivity index (χ0v) is 22.6. The van der Waals surface area contributed by atoms with Crippen molar-refractivity contribution < 1.29 is 14.0 Å². The van der Waals surface area contributed by atoms with Gasteiger partial charge in [-0.05, 0) is 43.7 Å². The Balaban J connectivity index is 1.18. The van der Waals surface area contributed by atoms with Gasteiger partial charge in [-0.2, -0.15) is 0 Å². The van der Waals surface area contributed by atoms with Crippen molar-refractivity contribution in [1.82, 2.24) is 29.5 Å². The number of aromatic nitrogens is 4. The molecule has 0 spiro atoms. The molecule has 1 aliphatic heterocycles. The molecule has 2 amide bonds. The first-order chi connectivity index (χ1) is 19.0. The van der Waals surface area contributed by atoms with Crippen molar-refractivity contribution in [3.63, 3.8) is 0 Å². The van der Waals surface area contributed by atoms with Crippen LogP contribution in [0.1, 0.15) is 28.6 Å². The smallest absolute Gasteiger partial charge is 0.289 e. The molecular weight excluding hydrogens is 512 g/mol. The Kier molecular flexibility index (Phi) is 6.78.